The molecule has 2 aromatic carbocycles. The minimum Gasteiger partial charge on any atom is -0.381 e. The third kappa shape index (κ3) is 7.93. The van der Waals surface area contributed by atoms with Gasteiger partial charge in [-0.1, -0.05) is 42.5 Å². The molecule has 1 saturated heterocycles. The van der Waals surface area contributed by atoms with E-state index < -0.39 is 0 Å². The second-order valence-corrected chi connectivity index (χ2v) is 9.86. The van der Waals surface area contributed by atoms with E-state index in [9.17, 15) is 0 Å². The van der Waals surface area contributed by atoms with Crippen LogP contribution in [0, 0.1) is 0 Å². The number of hydrogen-bond donors (Lipinski definition) is 2. The molecule has 4 rings (SSSR count). The Balaban J connectivity index is 0.00000289. The van der Waals surface area contributed by atoms with Crippen LogP contribution in [0.25, 0.3) is 0 Å². The Morgan fingerprint density at radius 3 is 2.53 bits per heavy atom. The summed E-state index contributed by atoms with van der Waals surface area (Å²) in [6, 6.07) is 19.3. The van der Waals surface area contributed by atoms with Gasteiger partial charge in [-0.2, -0.15) is 0 Å². The topological polar surface area (TPSA) is 54.9 Å². The number of rotatable bonds is 9. The molecule has 1 aliphatic carbocycles. The zero-order valence-electron chi connectivity index (χ0n) is 18.7. The van der Waals surface area contributed by atoms with E-state index in [1.807, 2.05) is 18.8 Å². The largest absolute Gasteiger partial charge is 0.381 e. The van der Waals surface area contributed by atoms with Crippen LogP contribution in [0.4, 0.5) is 0 Å². The van der Waals surface area contributed by atoms with Crippen LogP contribution >= 0.6 is 35.7 Å². The van der Waals surface area contributed by atoms with Crippen molar-refractivity contribution in [2.45, 2.75) is 54.6 Å². The molecule has 7 heteroatoms. The van der Waals surface area contributed by atoms with Crippen molar-refractivity contribution in [2.75, 3.05) is 26.8 Å². The Bertz CT molecular complexity index is 855. The smallest absolute Gasteiger partial charge is 0.191 e. The maximum atomic E-state index is 6.06. The van der Waals surface area contributed by atoms with Gasteiger partial charge in [-0.05, 0) is 48.9 Å². The number of benzene rings is 2. The molecule has 0 radical (unpaired) electrons. The normalized spacial score (nSPS) is 18.0. The summed E-state index contributed by atoms with van der Waals surface area (Å²) in [6.07, 6.45) is 4.79. The van der Waals surface area contributed by atoms with Crippen LogP contribution in [0.2, 0.25) is 0 Å². The van der Waals surface area contributed by atoms with Crippen LogP contribution < -0.4 is 10.6 Å². The van der Waals surface area contributed by atoms with Crippen molar-refractivity contribution >= 4 is 41.7 Å². The number of thioether (sulfide) groups is 1. The van der Waals surface area contributed by atoms with E-state index in [0.29, 0.717) is 17.5 Å². The van der Waals surface area contributed by atoms with Crippen molar-refractivity contribution in [1.82, 2.24) is 10.6 Å². The summed E-state index contributed by atoms with van der Waals surface area (Å²) < 4.78 is 11.8. The fraction of sp³-hybridized carbons (Fsp3) is 0.480. The molecule has 0 bridgehead atoms. The predicted octanol–water partition coefficient (Wildman–Crippen LogP) is 4.99. The molecule has 1 heterocycles. The molecule has 2 aliphatic rings. The van der Waals surface area contributed by atoms with E-state index in [0.717, 1.165) is 45.1 Å². The van der Waals surface area contributed by atoms with Crippen LogP contribution in [0.15, 0.2) is 64.5 Å². The summed E-state index contributed by atoms with van der Waals surface area (Å²) in [7, 11) is 1.83. The van der Waals surface area contributed by atoms with E-state index in [1.54, 1.807) is 0 Å². The SMILES string of the molecule is CN=C(NCc1cccc(COC2CCOCC2)c1)NCC1(Sc2ccccc2)CC1.I. The van der Waals surface area contributed by atoms with Gasteiger partial charge in [0.2, 0.25) is 0 Å². The monoisotopic (exact) mass is 567 g/mol. The number of ether oxygens (including phenoxy) is 2. The molecule has 0 aromatic heterocycles. The van der Waals surface area contributed by atoms with Gasteiger partial charge in [0.05, 0.1) is 12.7 Å². The molecule has 1 saturated carbocycles. The zero-order valence-corrected chi connectivity index (χ0v) is 21.9. The highest BCUT2D eigenvalue weighted by atomic mass is 127. The lowest BCUT2D eigenvalue weighted by molar-refractivity contribution is -0.0390. The Morgan fingerprint density at radius 2 is 1.81 bits per heavy atom. The fourth-order valence-corrected chi connectivity index (χ4v) is 4.97. The highest BCUT2D eigenvalue weighted by molar-refractivity contribution is 14.0. The molecule has 1 aliphatic heterocycles. The van der Waals surface area contributed by atoms with E-state index in [4.69, 9.17) is 9.47 Å². The summed E-state index contributed by atoms with van der Waals surface area (Å²) in [4.78, 5) is 5.75. The van der Waals surface area contributed by atoms with Crippen molar-refractivity contribution in [2.24, 2.45) is 4.99 Å². The van der Waals surface area contributed by atoms with E-state index in [1.165, 1.54) is 28.9 Å². The highest BCUT2D eigenvalue weighted by Gasteiger charge is 2.43. The van der Waals surface area contributed by atoms with Gasteiger partial charge in [-0.25, -0.2) is 0 Å². The first-order valence-corrected chi connectivity index (χ1v) is 12.0. The Morgan fingerprint density at radius 1 is 1.06 bits per heavy atom. The van der Waals surface area contributed by atoms with Crippen LogP contribution in [0.1, 0.15) is 36.8 Å². The third-order valence-electron chi connectivity index (χ3n) is 5.79. The van der Waals surface area contributed by atoms with Gasteiger partial charge in [0.15, 0.2) is 5.96 Å². The Hall–Kier alpha value is -1.29. The van der Waals surface area contributed by atoms with Gasteiger partial charge in [0.25, 0.3) is 0 Å². The van der Waals surface area contributed by atoms with Gasteiger partial charge < -0.3 is 20.1 Å². The molecule has 2 N–H and O–H groups in total. The molecular formula is C25H34IN3O2S. The molecule has 2 fully saturated rings. The first-order chi connectivity index (χ1) is 15.2. The minimum absolute atomic E-state index is 0. The summed E-state index contributed by atoms with van der Waals surface area (Å²) in [5.41, 5.74) is 2.45. The molecule has 0 amide bonds. The summed E-state index contributed by atoms with van der Waals surface area (Å²) in [5.74, 6) is 0.851. The molecule has 0 unspecified atom stereocenters. The standard InChI is InChI=1S/C25H33N3O2S.HI/c1-26-24(28-19-25(12-13-25)31-23-8-3-2-4-9-23)27-17-20-6-5-7-21(16-20)18-30-22-10-14-29-15-11-22;/h2-9,16,22H,10-15,17-19H2,1H3,(H2,26,27,28);1H. The molecular weight excluding hydrogens is 533 g/mol. The number of nitrogens with zero attached hydrogens (tertiary/aromatic N) is 1. The maximum Gasteiger partial charge on any atom is 0.191 e. The van der Waals surface area contributed by atoms with Gasteiger partial charge >= 0.3 is 0 Å². The first kappa shape index (κ1) is 25.3. The van der Waals surface area contributed by atoms with Gasteiger partial charge in [0, 0.05) is 43.0 Å². The Kier molecular flexibility index (Phi) is 10.1. The van der Waals surface area contributed by atoms with Crippen molar-refractivity contribution in [1.29, 1.82) is 0 Å². The molecule has 2 aromatic rings. The number of aliphatic imine (C=N–C) groups is 1. The lowest BCUT2D eigenvalue weighted by Crippen LogP contribution is -2.40. The molecule has 0 atom stereocenters. The molecule has 5 nitrogen and oxygen atoms in total. The third-order valence-corrected chi connectivity index (χ3v) is 7.29. The lowest BCUT2D eigenvalue weighted by Gasteiger charge is -2.22. The Labute approximate surface area is 213 Å². The zero-order chi connectivity index (χ0) is 21.4. The number of guanidine groups is 1. The molecule has 174 valence electrons. The number of hydrogen-bond acceptors (Lipinski definition) is 4. The molecule has 32 heavy (non-hydrogen) atoms. The molecule has 0 spiro atoms. The van der Waals surface area contributed by atoms with Crippen LogP contribution in [0.5, 0.6) is 0 Å². The van der Waals surface area contributed by atoms with Crippen molar-refractivity contribution < 1.29 is 9.47 Å². The van der Waals surface area contributed by atoms with Gasteiger partial charge in [-0.3, -0.25) is 4.99 Å². The highest BCUT2D eigenvalue weighted by Crippen LogP contribution is 2.51. The van der Waals surface area contributed by atoms with Crippen molar-refractivity contribution in [3.05, 3.63) is 65.7 Å². The van der Waals surface area contributed by atoms with Crippen LogP contribution in [-0.2, 0) is 22.6 Å². The second-order valence-electron chi connectivity index (χ2n) is 8.32. The first-order valence-electron chi connectivity index (χ1n) is 11.2. The maximum absolute atomic E-state index is 6.06. The summed E-state index contributed by atoms with van der Waals surface area (Å²) >= 11 is 1.98. The van der Waals surface area contributed by atoms with Crippen molar-refractivity contribution in [3.8, 4) is 0 Å². The summed E-state index contributed by atoms with van der Waals surface area (Å²) in [6.45, 7) is 3.94. The quantitative estimate of drug-likeness (QED) is 0.254. The van der Waals surface area contributed by atoms with E-state index in [2.05, 4.69) is 70.2 Å². The minimum atomic E-state index is 0. The fourth-order valence-electron chi connectivity index (χ4n) is 3.73. The number of halogens is 1. The van der Waals surface area contributed by atoms with Crippen LogP contribution in [-0.4, -0.2) is 43.6 Å². The van der Waals surface area contributed by atoms with E-state index >= 15 is 0 Å². The predicted molar refractivity (Wildman–Crippen MR) is 143 cm³/mol. The lowest BCUT2D eigenvalue weighted by atomic mass is 10.1. The average molecular weight is 568 g/mol. The van der Waals surface area contributed by atoms with Gasteiger partial charge in [-0.15, -0.1) is 35.7 Å². The van der Waals surface area contributed by atoms with Crippen molar-refractivity contribution in [3.63, 3.8) is 0 Å². The second kappa shape index (κ2) is 12.8. The van der Waals surface area contributed by atoms with Crippen LogP contribution in [0.3, 0.4) is 0 Å². The summed E-state index contributed by atoms with van der Waals surface area (Å²) in [5, 5.41) is 6.98. The number of nitrogens with one attached hydrogen (secondary N) is 2. The average Bonchev–Trinajstić information content (AvgIpc) is 3.59. The van der Waals surface area contributed by atoms with E-state index in [-0.39, 0.29) is 24.0 Å². The van der Waals surface area contributed by atoms with Gasteiger partial charge in [0.1, 0.15) is 0 Å².